The van der Waals surface area contributed by atoms with Gasteiger partial charge in [0.05, 0.1) is 19.9 Å². The number of benzene rings is 1. The number of aryl methyl sites for hydroxylation is 1. The summed E-state index contributed by atoms with van der Waals surface area (Å²) >= 11 is 0. The number of pyridine rings is 1. The summed E-state index contributed by atoms with van der Waals surface area (Å²) in [5, 5.41) is 2.87. The van der Waals surface area contributed by atoms with Crippen LogP contribution in [0.5, 0.6) is 11.5 Å². The first kappa shape index (κ1) is 15.8. The van der Waals surface area contributed by atoms with Crippen LogP contribution in [0.15, 0.2) is 36.5 Å². The minimum atomic E-state index is -0.109. The molecular weight excluding hydrogens is 280 g/mol. The van der Waals surface area contributed by atoms with Gasteiger partial charge in [-0.15, -0.1) is 0 Å². The summed E-state index contributed by atoms with van der Waals surface area (Å²) in [5.41, 5.74) is 2.84. The Morgan fingerprint density at radius 1 is 1.18 bits per heavy atom. The van der Waals surface area contributed by atoms with Crippen LogP contribution in [0.2, 0.25) is 0 Å². The van der Waals surface area contributed by atoms with E-state index in [1.165, 1.54) is 0 Å². The van der Waals surface area contributed by atoms with Crippen LogP contribution in [0.3, 0.4) is 0 Å². The SMILES string of the molecule is COc1ccc(NC(=O)C[n+]2cccc(C)c2C)c(OC)c1. The Morgan fingerprint density at radius 3 is 2.64 bits per heavy atom. The van der Waals surface area contributed by atoms with Crippen molar-refractivity contribution in [1.29, 1.82) is 0 Å². The largest absolute Gasteiger partial charge is 0.497 e. The number of aromatic nitrogens is 1. The van der Waals surface area contributed by atoms with E-state index in [1.54, 1.807) is 32.4 Å². The lowest BCUT2D eigenvalue weighted by Crippen LogP contribution is -2.43. The van der Waals surface area contributed by atoms with E-state index >= 15 is 0 Å². The lowest BCUT2D eigenvalue weighted by atomic mass is 10.2. The molecule has 22 heavy (non-hydrogen) atoms. The number of anilines is 1. The van der Waals surface area contributed by atoms with Crippen LogP contribution in [0.4, 0.5) is 5.69 Å². The van der Waals surface area contributed by atoms with Crippen molar-refractivity contribution in [3.63, 3.8) is 0 Å². The second kappa shape index (κ2) is 6.93. The van der Waals surface area contributed by atoms with Crippen molar-refractivity contribution >= 4 is 11.6 Å². The monoisotopic (exact) mass is 301 g/mol. The van der Waals surface area contributed by atoms with E-state index < -0.39 is 0 Å². The first-order chi connectivity index (χ1) is 10.5. The molecule has 0 aliphatic carbocycles. The Labute approximate surface area is 130 Å². The van der Waals surface area contributed by atoms with Crippen LogP contribution in [-0.2, 0) is 11.3 Å². The normalized spacial score (nSPS) is 10.2. The van der Waals surface area contributed by atoms with Gasteiger partial charge in [0.25, 0.3) is 5.91 Å². The van der Waals surface area contributed by atoms with Gasteiger partial charge in [0, 0.05) is 24.6 Å². The molecular formula is C17H21N2O3+. The molecule has 0 spiro atoms. The van der Waals surface area contributed by atoms with Crippen molar-refractivity contribution in [1.82, 2.24) is 0 Å². The third-order valence-electron chi connectivity index (χ3n) is 3.61. The standard InChI is InChI=1S/C17H20N2O3/c1-12-6-5-9-19(13(12)2)11-17(20)18-15-8-7-14(21-3)10-16(15)22-4/h5-10H,11H2,1-4H3/p+1. The number of ether oxygens (including phenoxy) is 2. The second-order valence-electron chi connectivity index (χ2n) is 5.02. The molecule has 116 valence electrons. The fourth-order valence-corrected chi connectivity index (χ4v) is 2.17. The van der Waals surface area contributed by atoms with Crippen LogP contribution < -0.4 is 19.4 Å². The predicted octanol–water partition coefficient (Wildman–Crippen LogP) is 2.25. The first-order valence-electron chi connectivity index (χ1n) is 7.02. The maximum Gasteiger partial charge on any atom is 0.290 e. The van der Waals surface area contributed by atoms with E-state index in [9.17, 15) is 4.79 Å². The van der Waals surface area contributed by atoms with Gasteiger partial charge in [-0.25, -0.2) is 0 Å². The van der Waals surface area contributed by atoms with Gasteiger partial charge in [0.2, 0.25) is 6.54 Å². The second-order valence-corrected chi connectivity index (χ2v) is 5.02. The predicted molar refractivity (Wildman–Crippen MR) is 84.3 cm³/mol. The topological polar surface area (TPSA) is 51.4 Å². The van der Waals surface area contributed by atoms with Gasteiger partial charge in [0.1, 0.15) is 11.5 Å². The summed E-state index contributed by atoms with van der Waals surface area (Å²) in [6, 6.07) is 9.24. The van der Waals surface area contributed by atoms with Crippen molar-refractivity contribution in [2.24, 2.45) is 0 Å². The van der Waals surface area contributed by atoms with Crippen LogP contribution in [0, 0.1) is 13.8 Å². The molecule has 2 rings (SSSR count). The summed E-state index contributed by atoms with van der Waals surface area (Å²) in [6.45, 7) is 4.27. The van der Waals surface area contributed by atoms with Gasteiger partial charge >= 0.3 is 0 Å². The Balaban J connectivity index is 2.14. The van der Waals surface area contributed by atoms with E-state index in [0.29, 0.717) is 17.2 Å². The summed E-state index contributed by atoms with van der Waals surface area (Å²) < 4.78 is 12.3. The fourth-order valence-electron chi connectivity index (χ4n) is 2.17. The summed E-state index contributed by atoms with van der Waals surface area (Å²) in [6.07, 6.45) is 1.90. The third-order valence-corrected chi connectivity index (χ3v) is 3.61. The highest BCUT2D eigenvalue weighted by atomic mass is 16.5. The number of amides is 1. The zero-order valence-electron chi connectivity index (χ0n) is 13.3. The van der Waals surface area contributed by atoms with Crippen LogP contribution in [-0.4, -0.2) is 20.1 Å². The molecule has 0 aliphatic heterocycles. The number of hydrogen-bond donors (Lipinski definition) is 1. The molecule has 1 amide bonds. The Hall–Kier alpha value is -2.56. The van der Waals surface area contributed by atoms with E-state index in [2.05, 4.69) is 5.32 Å². The summed E-state index contributed by atoms with van der Waals surface area (Å²) in [7, 11) is 3.15. The molecule has 0 unspecified atom stereocenters. The lowest BCUT2D eigenvalue weighted by molar-refractivity contribution is -0.690. The molecule has 0 saturated heterocycles. The number of nitrogens with zero attached hydrogens (tertiary/aromatic N) is 1. The molecule has 1 heterocycles. The van der Waals surface area contributed by atoms with E-state index in [1.807, 2.05) is 36.7 Å². The van der Waals surface area contributed by atoms with Crippen molar-refractivity contribution < 1.29 is 18.8 Å². The van der Waals surface area contributed by atoms with Crippen LogP contribution >= 0.6 is 0 Å². The van der Waals surface area contributed by atoms with Gasteiger partial charge in [-0.2, -0.15) is 4.57 Å². The maximum absolute atomic E-state index is 12.2. The number of nitrogens with one attached hydrogen (secondary N) is 1. The molecule has 1 aromatic heterocycles. The Morgan fingerprint density at radius 2 is 1.95 bits per heavy atom. The number of methoxy groups -OCH3 is 2. The Kier molecular flexibility index (Phi) is 4.99. The average molecular weight is 301 g/mol. The summed E-state index contributed by atoms with van der Waals surface area (Å²) in [4.78, 5) is 12.2. The molecule has 5 nitrogen and oxygen atoms in total. The quantitative estimate of drug-likeness (QED) is 0.862. The maximum atomic E-state index is 12.2. The molecule has 0 bridgehead atoms. The van der Waals surface area contributed by atoms with Gasteiger partial charge in [-0.1, -0.05) is 0 Å². The molecule has 0 radical (unpaired) electrons. The molecule has 0 aliphatic rings. The van der Waals surface area contributed by atoms with Crippen molar-refractivity contribution in [2.75, 3.05) is 19.5 Å². The Bertz CT molecular complexity index is 684. The van der Waals surface area contributed by atoms with Gasteiger partial charge in [-0.3, -0.25) is 4.79 Å². The number of carbonyl (C=O) groups is 1. The van der Waals surface area contributed by atoms with E-state index in [0.717, 1.165) is 11.3 Å². The third kappa shape index (κ3) is 3.55. The minimum Gasteiger partial charge on any atom is -0.497 e. The smallest absolute Gasteiger partial charge is 0.290 e. The fraction of sp³-hybridized carbons (Fsp3) is 0.294. The molecule has 0 fully saturated rings. The highest BCUT2D eigenvalue weighted by molar-refractivity contribution is 5.91. The minimum absolute atomic E-state index is 0.109. The molecule has 0 atom stereocenters. The van der Waals surface area contributed by atoms with Gasteiger partial charge < -0.3 is 14.8 Å². The molecule has 2 aromatic rings. The average Bonchev–Trinajstić information content (AvgIpc) is 2.52. The lowest BCUT2D eigenvalue weighted by Gasteiger charge is -2.11. The number of hydrogen-bond acceptors (Lipinski definition) is 3. The molecule has 1 N–H and O–H groups in total. The zero-order chi connectivity index (χ0) is 16.1. The van der Waals surface area contributed by atoms with Gasteiger partial charge in [-0.05, 0) is 25.1 Å². The van der Waals surface area contributed by atoms with E-state index in [4.69, 9.17) is 9.47 Å². The van der Waals surface area contributed by atoms with Crippen molar-refractivity contribution in [2.45, 2.75) is 20.4 Å². The van der Waals surface area contributed by atoms with Crippen molar-refractivity contribution in [3.8, 4) is 11.5 Å². The number of rotatable bonds is 5. The number of carbonyl (C=O) groups excluding carboxylic acids is 1. The molecule has 5 heteroatoms. The molecule has 1 aromatic carbocycles. The zero-order valence-corrected chi connectivity index (χ0v) is 13.3. The van der Waals surface area contributed by atoms with Crippen molar-refractivity contribution in [3.05, 3.63) is 47.8 Å². The van der Waals surface area contributed by atoms with Crippen LogP contribution in [0.25, 0.3) is 0 Å². The highest BCUT2D eigenvalue weighted by Crippen LogP contribution is 2.28. The first-order valence-corrected chi connectivity index (χ1v) is 7.02. The van der Waals surface area contributed by atoms with Gasteiger partial charge in [0.15, 0.2) is 11.9 Å². The summed E-state index contributed by atoms with van der Waals surface area (Å²) in [5.74, 6) is 1.14. The van der Waals surface area contributed by atoms with Crippen LogP contribution in [0.1, 0.15) is 11.3 Å². The molecule has 0 saturated carbocycles. The highest BCUT2D eigenvalue weighted by Gasteiger charge is 2.15. The van der Waals surface area contributed by atoms with E-state index in [-0.39, 0.29) is 12.5 Å².